The maximum atomic E-state index is 12.6. The second-order valence-electron chi connectivity index (χ2n) is 2.25. The maximum absolute atomic E-state index is 12.6. The Balaban J connectivity index is 3.51. The molecule has 0 heterocycles. The van der Waals surface area contributed by atoms with Gasteiger partial charge in [-0.3, -0.25) is 4.94 Å². The lowest BCUT2D eigenvalue weighted by Gasteiger charge is -2.03. The van der Waals surface area contributed by atoms with E-state index < -0.39 is 34.7 Å². The van der Waals surface area contributed by atoms with Crippen LogP contribution < -0.4 is 4.94 Å². The number of benzene rings is 1. The van der Waals surface area contributed by atoms with Gasteiger partial charge in [0.2, 0.25) is 11.6 Å². The topological polar surface area (TPSA) is 46.5 Å². The van der Waals surface area contributed by atoms with Crippen molar-refractivity contribution in [2.45, 2.75) is 0 Å². The summed E-state index contributed by atoms with van der Waals surface area (Å²) in [6.07, 6.45) is 0. The number of carboxylic acids is 1. The molecule has 7 heteroatoms. The van der Waals surface area contributed by atoms with Gasteiger partial charge in [0.25, 0.3) is 0 Å². The predicted molar refractivity (Wildman–Crippen MR) is 35.0 cm³/mol. The van der Waals surface area contributed by atoms with Gasteiger partial charge in [-0.05, 0) is 6.07 Å². The van der Waals surface area contributed by atoms with Gasteiger partial charge in [-0.25, -0.2) is 13.6 Å². The van der Waals surface area contributed by atoms with Crippen molar-refractivity contribution in [1.29, 1.82) is 0 Å². The Morgan fingerprint density at radius 1 is 1.29 bits per heavy atom. The Kier molecular flexibility index (Phi) is 2.59. The van der Waals surface area contributed by atoms with Gasteiger partial charge in [0.1, 0.15) is 5.56 Å². The molecular formula is C7H2F4O3. The molecule has 3 nitrogen and oxygen atoms in total. The van der Waals surface area contributed by atoms with Gasteiger partial charge in [0, 0.05) is 4.53 Å². The summed E-state index contributed by atoms with van der Waals surface area (Å²) in [7, 11) is 0. The van der Waals surface area contributed by atoms with E-state index in [2.05, 4.69) is 4.94 Å². The molecule has 14 heavy (non-hydrogen) atoms. The summed E-state index contributed by atoms with van der Waals surface area (Å²) in [5.41, 5.74) is -1.14. The average Bonchev–Trinajstić information content (AvgIpc) is 2.13. The third-order valence-electron chi connectivity index (χ3n) is 1.42. The summed E-state index contributed by atoms with van der Waals surface area (Å²) in [6.45, 7) is 0. The molecule has 1 N–H and O–H groups in total. The van der Waals surface area contributed by atoms with Crippen molar-refractivity contribution in [2.24, 2.45) is 0 Å². The zero-order chi connectivity index (χ0) is 10.9. The highest BCUT2D eigenvalue weighted by molar-refractivity contribution is 5.90. The van der Waals surface area contributed by atoms with Crippen LogP contribution in [0, 0.1) is 17.5 Å². The molecule has 0 amide bonds. The van der Waals surface area contributed by atoms with Crippen LogP contribution in [0.15, 0.2) is 6.07 Å². The Labute approximate surface area is 74.4 Å². The molecule has 0 radical (unpaired) electrons. The van der Waals surface area contributed by atoms with Crippen LogP contribution in [0.3, 0.4) is 0 Å². The number of aromatic carboxylic acids is 1. The predicted octanol–water partition coefficient (Wildman–Crippen LogP) is 2.07. The first kappa shape index (κ1) is 10.3. The number of halogens is 4. The van der Waals surface area contributed by atoms with E-state index in [0.717, 1.165) is 0 Å². The number of hydrogen-bond acceptors (Lipinski definition) is 2. The van der Waals surface area contributed by atoms with Crippen LogP contribution >= 0.6 is 0 Å². The molecule has 0 unspecified atom stereocenters. The van der Waals surface area contributed by atoms with Crippen LogP contribution in [0.5, 0.6) is 5.75 Å². The van der Waals surface area contributed by atoms with Crippen LogP contribution in [0.4, 0.5) is 17.7 Å². The fourth-order valence-electron chi connectivity index (χ4n) is 0.813. The summed E-state index contributed by atoms with van der Waals surface area (Å²) in [5.74, 6) is -9.08. The molecule has 1 aromatic carbocycles. The number of hydrogen-bond donors (Lipinski definition) is 1. The van der Waals surface area contributed by atoms with Crippen molar-refractivity contribution < 1.29 is 32.5 Å². The Morgan fingerprint density at radius 2 is 1.86 bits per heavy atom. The van der Waals surface area contributed by atoms with Crippen molar-refractivity contribution in [1.82, 2.24) is 0 Å². The molecule has 0 bridgehead atoms. The maximum Gasteiger partial charge on any atom is 0.339 e. The number of rotatable bonds is 2. The van der Waals surface area contributed by atoms with E-state index in [1.165, 1.54) is 0 Å². The molecule has 0 aromatic heterocycles. The van der Waals surface area contributed by atoms with Crippen LogP contribution in [0.2, 0.25) is 0 Å². The molecule has 0 atom stereocenters. The third kappa shape index (κ3) is 1.48. The fraction of sp³-hybridized carbons (Fsp3) is 0. The lowest BCUT2D eigenvalue weighted by Crippen LogP contribution is -2.05. The smallest absolute Gasteiger partial charge is 0.339 e. The van der Waals surface area contributed by atoms with Crippen molar-refractivity contribution in [3.05, 3.63) is 29.1 Å². The Hall–Kier alpha value is -1.79. The minimum Gasteiger partial charge on any atom is -0.478 e. The van der Waals surface area contributed by atoms with Crippen molar-refractivity contribution >= 4 is 5.97 Å². The highest BCUT2D eigenvalue weighted by Crippen LogP contribution is 2.27. The molecular weight excluding hydrogens is 208 g/mol. The molecule has 1 aromatic rings. The zero-order valence-electron chi connectivity index (χ0n) is 6.35. The van der Waals surface area contributed by atoms with Gasteiger partial charge in [-0.15, -0.1) is 0 Å². The number of carbonyl (C=O) groups is 1. The molecule has 0 saturated carbocycles. The highest BCUT2D eigenvalue weighted by Gasteiger charge is 2.24. The second kappa shape index (κ2) is 3.52. The Bertz CT molecular complexity index is 391. The lowest BCUT2D eigenvalue weighted by atomic mass is 10.2. The molecule has 0 spiro atoms. The molecule has 0 saturated heterocycles. The molecule has 0 aliphatic heterocycles. The summed E-state index contributed by atoms with van der Waals surface area (Å²) in [6, 6.07) is 0.121. The van der Waals surface area contributed by atoms with Gasteiger partial charge >= 0.3 is 5.97 Å². The highest BCUT2D eigenvalue weighted by atomic mass is 19.3. The quantitative estimate of drug-likeness (QED) is 0.600. The first-order valence-electron chi connectivity index (χ1n) is 3.18. The second-order valence-corrected chi connectivity index (χ2v) is 2.25. The summed E-state index contributed by atoms with van der Waals surface area (Å²) < 4.78 is 49.2. The van der Waals surface area contributed by atoms with E-state index in [1.54, 1.807) is 0 Å². The lowest BCUT2D eigenvalue weighted by molar-refractivity contribution is -0.0132. The largest absolute Gasteiger partial charge is 0.478 e. The molecule has 0 fully saturated rings. The minimum atomic E-state index is -2.02. The van der Waals surface area contributed by atoms with Crippen LogP contribution in [-0.2, 0) is 0 Å². The van der Waals surface area contributed by atoms with Crippen LogP contribution in [-0.4, -0.2) is 11.1 Å². The van der Waals surface area contributed by atoms with Gasteiger partial charge < -0.3 is 5.11 Å². The van der Waals surface area contributed by atoms with E-state index in [9.17, 15) is 22.5 Å². The van der Waals surface area contributed by atoms with Gasteiger partial charge in [-0.2, -0.15) is 4.39 Å². The molecule has 0 aliphatic carbocycles. The standard InChI is InChI=1S/C7H2F4O3/c8-3-1-2(7(12)13)6(14-11)5(10)4(3)9/h1H,(H,12,13). The summed E-state index contributed by atoms with van der Waals surface area (Å²) in [4.78, 5) is 13.1. The minimum absolute atomic E-state index is 0.121. The third-order valence-corrected chi connectivity index (χ3v) is 1.42. The Morgan fingerprint density at radius 3 is 2.29 bits per heavy atom. The molecule has 1 rings (SSSR count). The van der Waals surface area contributed by atoms with Crippen molar-refractivity contribution in [3.8, 4) is 5.75 Å². The van der Waals surface area contributed by atoms with Crippen molar-refractivity contribution in [2.75, 3.05) is 0 Å². The monoisotopic (exact) mass is 210 g/mol. The van der Waals surface area contributed by atoms with Gasteiger partial charge in [0.15, 0.2) is 11.6 Å². The molecule has 0 aliphatic rings. The van der Waals surface area contributed by atoms with Crippen molar-refractivity contribution in [3.63, 3.8) is 0 Å². The summed E-state index contributed by atoms with van der Waals surface area (Å²) in [5, 5.41) is 8.33. The average molecular weight is 210 g/mol. The molecule has 76 valence electrons. The van der Waals surface area contributed by atoms with E-state index in [-0.39, 0.29) is 6.07 Å². The SMILES string of the molecule is O=C(O)c1cc(F)c(F)c(F)c1OF. The van der Waals surface area contributed by atoms with E-state index in [1.807, 2.05) is 0 Å². The normalized spacial score (nSPS) is 10.0. The van der Waals surface area contributed by atoms with Gasteiger partial charge in [-0.1, -0.05) is 0 Å². The zero-order valence-corrected chi connectivity index (χ0v) is 6.35. The van der Waals surface area contributed by atoms with Crippen LogP contribution in [0.25, 0.3) is 0 Å². The van der Waals surface area contributed by atoms with E-state index in [0.29, 0.717) is 0 Å². The number of carboxylic acid groups (broad SMARTS) is 1. The first-order chi connectivity index (χ1) is 6.49. The van der Waals surface area contributed by atoms with E-state index >= 15 is 0 Å². The first-order valence-corrected chi connectivity index (χ1v) is 3.18. The van der Waals surface area contributed by atoms with Crippen LogP contribution in [0.1, 0.15) is 10.4 Å². The summed E-state index contributed by atoms with van der Waals surface area (Å²) >= 11 is 0. The van der Waals surface area contributed by atoms with E-state index in [4.69, 9.17) is 5.11 Å². The fourth-order valence-corrected chi connectivity index (χ4v) is 0.813. The van der Waals surface area contributed by atoms with Gasteiger partial charge in [0.05, 0.1) is 0 Å².